The van der Waals surface area contributed by atoms with Gasteiger partial charge in [-0.15, -0.1) is 0 Å². The summed E-state index contributed by atoms with van der Waals surface area (Å²) in [6, 6.07) is 14.0. The molecule has 0 fully saturated rings. The molecule has 2 radical (unpaired) electrons. The second kappa shape index (κ2) is 6.75. The topological polar surface area (TPSA) is 63.6 Å². The number of carbonyl (C=O) groups is 2. The molecule has 0 aliphatic rings. The van der Waals surface area contributed by atoms with Gasteiger partial charge in [-0.1, -0.05) is 41.9 Å². The highest BCUT2D eigenvalue weighted by Gasteiger charge is 2.10. The molecule has 0 unspecified atom stereocenters. The number of Topliss-reactive ketones (excluding diaryl/α,β-unsaturated/α-hetero) is 1. The molecule has 0 atom stereocenters. The van der Waals surface area contributed by atoms with E-state index in [9.17, 15) is 9.59 Å². The zero-order chi connectivity index (χ0) is 15.2. The van der Waals surface area contributed by atoms with Crippen LogP contribution in [0.2, 0.25) is 0 Å². The van der Waals surface area contributed by atoms with Gasteiger partial charge in [-0.3, -0.25) is 4.79 Å². The Labute approximate surface area is 123 Å². The van der Waals surface area contributed by atoms with Gasteiger partial charge < -0.3 is 9.84 Å². The van der Waals surface area contributed by atoms with Gasteiger partial charge in [0.2, 0.25) is 0 Å². The summed E-state index contributed by atoms with van der Waals surface area (Å²) in [4.78, 5) is 22.6. The molecule has 21 heavy (non-hydrogen) atoms. The maximum atomic E-state index is 12.2. The number of carbonyl (C=O) groups excluding carboxylic acids is 1. The predicted octanol–water partition coefficient (Wildman–Crippen LogP) is 1.37. The van der Waals surface area contributed by atoms with Crippen LogP contribution in [-0.4, -0.2) is 31.3 Å². The first-order valence-electron chi connectivity index (χ1n) is 6.37. The van der Waals surface area contributed by atoms with E-state index in [1.54, 1.807) is 6.07 Å². The molecule has 0 aliphatic heterocycles. The van der Waals surface area contributed by atoms with Crippen LogP contribution in [0.1, 0.15) is 15.9 Å². The van der Waals surface area contributed by atoms with Crippen LogP contribution in [-0.2, 0) is 11.2 Å². The summed E-state index contributed by atoms with van der Waals surface area (Å²) < 4.78 is 5.02. The van der Waals surface area contributed by atoms with Crippen LogP contribution < -0.4 is 10.2 Å². The zero-order valence-corrected chi connectivity index (χ0v) is 11.3. The molecule has 104 valence electrons. The Hall–Kier alpha value is -2.56. The lowest BCUT2D eigenvalue weighted by atomic mass is 9.91. The first-order valence-corrected chi connectivity index (χ1v) is 6.37. The fourth-order valence-corrected chi connectivity index (χ4v) is 1.88. The number of hydrogen-bond acceptors (Lipinski definition) is 3. The second-order valence-electron chi connectivity index (χ2n) is 4.52. The first kappa shape index (κ1) is 14.8. The summed E-state index contributed by atoms with van der Waals surface area (Å²) in [6.45, 7) is -0.471. The van der Waals surface area contributed by atoms with Crippen molar-refractivity contribution in [3.05, 3.63) is 59.7 Å². The van der Waals surface area contributed by atoms with Crippen molar-refractivity contribution in [3.8, 4) is 5.75 Å². The summed E-state index contributed by atoms with van der Waals surface area (Å²) >= 11 is 0. The molecule has 1 N–H and O–H groups in total. The van der Waals surface area contributed by atoms with Crippen molar-refractivity contribution in [2.75, 3.05) is 6.61 Å². The highest BCUT2D eigenvalue weighted by atomic mass is 16.5. The number of ketones is 1. The van der Waals surface area contributed by atoms with Crippen LogP contribution in [0.5, 0.6) is 5.75 Å². The van der Waals surface area contributed by atoms with Gasteiger partial charge in [0.25, 0.3) is 0 Å². The van der Waals surface area contributed by atoms with Crippen LogP contribution in [0.25, 0.3) is 0 Å². The molecule has 0 heterocycles. The largest absolute Gasteiger partial charge is 0.483 e. The van der Waals surface area contributed by atoms with Crippen molar-refractivity contribution in [2.24, 2.45) is 0 Å². The lowest BCUT2D eigenvalue weighted by Crippen LogP contribution is -2.17. The minimum absolute atomic E-state index is 0.0577. The molecule has 0 spiro atoms. The average molecular weight is 280 g/mol. The van der Waals surface area contributed by atoms with Gasteiger partial charge in [-0.05, 0) is 17.7 Å². The lowest BCUT2D eigenvalue weighted by molar-refractivity contribution is -0.139. The number of benzene rings is 2. The van der Waals surface area contributed by atoms with Gasteiger partial charge in [-0.25, -0.2) is 4.79 Å². The molecule has 0 saturated carbocycles. The SMILES string of the molecule is [B]c1cc(C(=O)Cc2ccccc2)ccc1OCC(=O)O. The molecule has 0 bridgehead atoms. The standard InChI is InChI=1S/C16H13BO4/c17-13-9-12(6-7-15(13)21-10-16(19)20)14(18)8-11-4-2-1-3-5-11/h1-7,9H,8,10H2,(H,19,20). The smallest absolute Gasteiger partial charge is 0.341 e. The minimum Gasteiger partial charge on any atom is -0.483 e. The van der Waals surface area contributed by atoms with Crippen molar-refractivity contribution in [1.82, 2.24) is 0 Å². The van der Waals surface area contributed by atoms with E-state index in [0.29, 0.717) is 5.56 Å². The van der Waals surface area contributed by atoms with Gasteiger partial charge >= 0.3 is 5.97 Å². The van der Waals surface area contributed by atoms with Crippen molar-refractivity contribution in [3.63, 3.8) is 0 Å². The van der Waals surface area contributed by atoms with Crippen LogP contribution in [0.3, 0.4) is 0 Å². The van der Waals surface area contributed by atoms with Crippen molar-refractivity contribution < 1.29 is 19.4 Å². The van der Waals surface area contributed by atoms with Gasteiger partial charge in [0.15, 0.2) is 12.4 Å². The second-order valence-corrected chi connectivity index (χ2v) is 4.52. The Morgan fingerprint density at radius 3 is 2.43 bits per heavy atom. The number of carboxylic acids is 1. The molecular formula is C16H13BO4. The average Bonchev–Trinajstić information content (AvgIpc) is 2.46. The summed E-state index contributed by atoms with van der Waals surface area (Å²) in [5.41, 5.74) is 1.64. The fraction of sp³-hybridized carbons (Fsp3) is 0.125. The molecule has 0 aliphatic carbocycles. The minimum atomic E-state index is -1.08. The quantitative estimate of drug-likeness (QED) is 0.641. The molecule has 2 rings (SSSR count). The highest BCUT2D eigenvalue weighted by Crippen LogP contribution is 2.12. The van der Waals surface area contributed by atoms with E-state index in [2.05, 4.69) is 0 Å². The monoisotopic (exact) mass is 280 g/mol. The van der Waals surface area contributed by atoms with Crippen LogP contribution in [0.15, 0.2) is 48.5 Å². The van der Waals surface area contributed by atoms with E-state index < -0.39 is 12.6 Å². The molecule has 0 aromatic heterocycles. The third kappa shape index (κ3) is 4.21. The maximum absolute atomic E-state index is 12.2. The van der Waals surface area contributed by atoms with E-state index in [4.69, 9.17) is 17.7 Å². The molecule has 4 nitrogen and oxygen atoms in total. The van der Waals surface area contributed by atoms with Gasteiger partial charge in [0, 0.05) is 12.0 Å². The first-order chi connectivity index (χ1) is 10.1. The summed E-state index contributed by atoms with van der Waals surface area (Å²) in [5, 5.41) is 8.55. The van der Waals surface area contributed by atoms with Gasteiger partial charge in [-0.2, -0.15) is 0 Å². The number of aliphatic carboxylic acids is 1. The normalized spacial score (nSPS) is 10.1. The number of hydrogen-bond donors (Lipinski definition) is 1. The molecular weight excluding hydrogens is 267 g/mol. The van der Waals surface area contributed by atoms with Crippen molar-refractivity contribution in [1.29, 1.82) is 0 Å². The molecule has 0 saturated heterocycles. The Morgan fingerprint density at radius 1 is 1.10 bits per heavy atom. The summed E-state index contributed by atoms with van der Waals surface area (Å²) in [7, 11) is 5.77. The Bertz CT molecular complexity index is 653. The van der Waals surface area contributed by atoms with Crippen LogP contribution in [0.4, 0.5) is 0 Å². The molecule has 5 heteroatoms. The third-order valence-electron chi connectivity index (χ3n) is 2.89. The lowest BCUT2D eigenvalue weighted by Gasteiger charge is -2.09. The Balaban J connectivity index is 2.08. The van der Waals surface area contributed by atoms with E-state index in [1.165, 1.54) is 12.1 Å². The maximum Gasteiger partial charge on any atom is 0.341 e. The van der Waals surface area contributed by atoms with Crippen LogP contribution in [0, 0.1) is 0 Å². The summed E-state index contributed by atoms with van der Waals surface area (Å²) in [5.74, 6) is -0.884. The van der Waals surface area contributed by atoms with E-state index in [-0.39, 0.29) is 23.4 Å². The Kier molecular flexibility index (Phi) is 4.77. The third-order valence-corrected chi connectivity index (χ3v) is 2.89. The highest BCUT2D eigenvalue weighted by molar-refractivity contribution is 6.34. The zero-order valence-electron chi connectivity index (χ0n) is 11.3. The van der Waals surface area contributed by atoms with Crippen molar-refractivity contribution >= 4 is 25.1 Å². The number of carboxylic acid groups (broad SMARTS) is 1. The van der Waals surface area contributed by atoms with E-state index >= 15 is 0 Å². The van der Waals surface area contributed by atoms with Gasteiger partial charge in [0.1, 0.15) is 13.6 Å². The number of ether oxygens (including phenoxy) is 1. The fourth-order valence-electron chi connectivity index (χ4n) is 1.88. The molecule has 2 aromatic carbocycles. The summed E-state index contributed by atoms with van der Waals surface area (Å²) in [6.07, 6.45) is 0.287. The van der Waals surface area contributed by atoms with Crippen LogP contribution >= 0.6 is 0 Å². The van der Waals surface area contributed by atoms with E-state index in [0.717, 1.165) is 5.56 Å². The Morgan fingerprint density at radius 2 is 1.81 bits per heavy atom. The molecule has 2 aromatic rings. The predicted molar refractivity (Wildman–Crippen MR) is 79.4 cm³/mol. The van der Waals surface area contributed by atoms with E-state index in [1.807, 2.05) is 30.3 Å². The van der Waals surface area contributed by atoms with Crippen molar-refractivity contribution in [2.45, 2.75) is 6.42 Å². The number of rotatable bonds is 6. The molecule has 0 amide bonds. The van der Waals surface area contributed by atoms with Gasteiger partial charge in [0.05, 0.1) is 0 Å².